The number of rotatable bonds is 6. The van der Waals surface area contributed by atoms with E-state index in [4.69, 9.17) is 4.74 Å². The Morgan fingerprint density at radius 3 is 2.58 bits per heavy atom. The van der Waals surface area contributed by atoms with Gasteiger partial charge in [-0.15, -0.1) is 24.0 Å². The van der Waals surface area contributed by atoms with Gasteiger partial charge in [-0.3, -0.25) is 4.99 Å². The van der Waals surface area contributed by atoms with Crippen molar-refractivity contribution in [1.82, 2.24) is 15.6 Å². The molecule has 6 nitrogen and oxygen atoms in total. The van der Waals surface area contributed by atoms with Crippen LogP contribution >= 0.6 is 24.0 Å². The number of hydrogen-bond acceptors (Lipinski definition) is 4. The van der Waals surface area contributed by atoms with Gasteiger partial charge >= 0.3 is 0 Å². The number of halogens is 2. The number of benzene rings is 1. The Balaban J connectivity index is 0.00000341. The summed E-state index contributed by atoms with van der Waals surface area (Å²) in [5, 5.41) is 6.65. The van der Waals surface area contributed by atoms with Crippen LogP contribution in [0.5, 0.6) is 5.75 Å². The molecule has 2 aromatic rings. The largest absolute Gasteiger partial charge is 0.494 e. The van der Waals surface area contributed by atoms with E-state index in [0.717, 1.165) is 30.0 Å². The zero-order valence-electron chi connectivity index (χ0n) is 18.5. The molecule has 2 N–H and O–H groups in total. The molecule has 8 heteroatoms. The van der Waals surface area contributed by atoms with E-state index >= 15 is 0 Å². The summed E-state index contributed by atoms with van der Waals surface area (Å²) in [5.74, 6) is 1.57. The molecule has 1 saturated heterocycles. The van der Waals surface area contributed by atoms with E-state index in [0.29, 0.717) is 12.5 Å². The van der Waals surface area contributed by atoms with Crippen molar-refractivity contribution in [2.24, 2.45) is 4.99 Å². The Labute approximate surface area is 201 Å². The monoisotopic (exact) mass is 541 g/mol. The third-order valence-electron chi connectivity index (χ3n) is 5.45. The quantitative estimate of drug-likeness (QED) is 0.317. The summed E-state index contributed by atoms with van der Waals surface area (Å²) in [4.78, 5) is 11.2. The fourth-order valence-corrected chi connectivity index (χ4v) is 3.66. The van der Waals surface area contributed by atoms with E-state index in [-0.39, 0.29) is 41.6 Å². The predicted molar refractivity (Wildman–Crippen MR) is 135 cm³/mol. The number of aliphatic imine (C=N–C) groups is 1. The van der Waals surface area contributed by atoms with Crippen molar-refractivity contribution in [1.29, 1.82) is 0 Å². The maximum Gasteiger partial charge on any atom is 0.191 e. The Bertz CT molecular complexity index is 856. The molecular formula is C23H33FIN5O. The maximum absolute atomic E-state index is 14.0. The molecule has 0 aliphatic carbocycles. The number of nitrogens with zero attached hydrogens (tertiary/aromatic N) is 3. The minimum Gasteiger partial charge on any atom is -0.494 e. The van der Waals surface area contributed by atoms with E-state index in [1.165, 1.54) is 38.9 Å². The first kappa shape index (κ1) is 25.2. The van der Waals surface area contributed by atoms with Crippen molar-refractivity contribution in [3.63, 3.8) is 0 Å². The van der Waals surface area contributed by atoms with Crippen LogP contribution in [0.1, 0.15) is 49.8 Å². The Kier molecular flexibility index (Phi) is 10.3. The van der Waals surface area contributed by atoms with Crippen LogP contribution in [0.2, 0.25) is 0 Å². The lowest BCUT2D eigenvalue weighted by Gasteiger charge is -2.22. The highest BCUT2D eigenvalue weighted by Crippen LogP contribution is 2.22. The van der Waals surface area contributed by atoms with Crippen molar-refractivity contribution >= 4 is 35.8 Å². The second kappa shape index (κ2) is 12.7. The highest BCUT2D eigenvalue weighted by molar-refractivity contribution is 14.0. The van der Waals surface area contributed by atoms with E-state index < -0.39 is 0 Å². The maximum atomic E-state index is 14.0. The minimum atomic E-state index is -0.371. The molecule has 1 aromatic heterocycles. The number of hydrogen-bond donors (Lipinski definition) is 2. The second-order valence-electron chi connectivity index (χ2n) is 7.61. The number of aromatic nitrogens is 1. The summed E-state index contributed by atoms with van der Waals surface area (Å²) < 4.78 is 19.0. The lowest BCUT2D eigenvalue weighted by Crippen LogP contribution is -2.38. The molecule has 1 fully saturated rings. The summed E-state index contributed by atoms with van der Waals surface area (Å²) in [7, 11) is 3.19. The number of anilines is 1. The van der Waals surface area contributed by atoms with Crippen LogP contribution in [-0.2, 0) is 6.54 Å². The van der Waals surface area contributed by atoms with Crippen LogP contribution in [-0.4, -0.2) is 38.2 Å². The van der Waals surface area contributed by atoms with Gasteiger partial charge in [0.1, 0.15) is 5.82 Å². The molecule has 3 rings (SSSR count). The van der Waals surface area contributed by atoms with E-state index in [1.807, 2.05) is 25.3 Å². The average molecular weight is 541 g/mol. The zero-order valence-corrected chi connectivity index (χ0v) is 20.9. The average Bonchev–Trinajstić information content (AvgIpc) is 3.06. The number of methoxy groups -OCH3 is 1. The first-order valence-electron chi connectivity index (χ1n) is 10.6. The highest BCUT2D eigenvalue weighted by Gasteiger charge is 2.13. The number of pyridine rings is 1. The number of ether oxygens (including phenoxy) is 1. The summed E-state index contributed by atoms with van der Waals surface area (Å²) in [5.41, 5.74) is 1.97. The highest BCUT2D eigenvalue weighted by atomic mass is 127. The molecule has 0 bridgehead atoms. The fourth-order valence-electron chi connectivity index (χ4n) is 3.66. The van der Waals surface area contributed by atoms with Crippen molar-refractivity contribution < 1.29 is 9.13 Å². The Hall–Kier alpha value is -2.10. The zero-order chi connectivity index (χ0) is 21.3. The molecule has 0 saturated carbocycles. The van der Waals surface area contributed by atoms with Crippen LogP contribution in [0.15, 0.2) is 41.5 Å². The van der Waals surface area contributed by atoms with Gasteiger partial charge in [-0.25, -0.2) is 9.37 Å². The molecule has 1 atom stereocenters. The molecule has 170 valence electrons. The molecule has 0 amide bonds. The van der Waals surface area contributed by atoms with Gasteiger partial charge in [0, 0.05) is 32.9 Å². The molecule has 0 radical (unpaired) electrons. The first-order chi connectivity index (χ1) is 14.6. The van der Waals surface area contributed by atoms with E-state index in [2.05, 4.69) is 31.6 Å². The molecule has 2 heterocycles. The van der Waals surface area contributed by atoms with Crippen LogP contribution in [0, 0.1) is 5.82 Å². The SMILES string of the molecule is CN=C(NCc1ccnc(N2CCCCCC2)c1)NC(C)c1ccc(OC)c(F)c1.I. The second-order valence-corrected chi connectivity index (χ2v) is 7.61. The summed E-state index contributed by atoms with van der Waals surface area (Å²) in [6, 6.07) is 9.03. The standard InChI is InChI=1S/C23H32FN5O.HI/c1-17(19-8-9-21(30-3)20(24)15-19)28-23(25-2)27-16-18-10-11-26-22(14-18)29-12-6-4-5-7-13-29;/h8-11,14-15,17H,4-7,12-13,16H2,1-3H3,(H2,25,27,28);1H. The van der Waals surface area contributed by atoms with Crippen LogP contribution in [0.25, 0.3) is 0 Å². The molecule has 1 aliphatic heterocycles. The molecule has 0 spiro atoms. The van der Waals surface area contributed by atoms with Gasteiger partial charge in [-0.1, -0.05) is 18.9 Å². The summed E-state index contributed by atoms with van der Waals surface area (Å²) >= 11 is 0. The smallest absolute Gasteiger partial charge is 0.191 e. The third-order valence-corrected chi connectivity index (χ3v) is 5.45. The molecule has 1 aliphatic rings. The Morgan fingerprint density at radius 2 is 1.94 bits per heavy atom. The van der Waals surface area contributed by atoms with Gasteiger partial charge in [0.05, 0.1) is 13.2 Å². The lowest BCUT2D eigenvalue weighted by molar-refractivity contribution is 0.386. The summed E-state index contributed by atoms with van der Waals surface area (Å²) in [6.07, 6.45) is 6.93. The van der Waals surface area contributed by atoms with Gasteiger partial charge in [0.15, 0.2) is 17.5 Å². The lowest BCUT2D eigenvalue weighted by atomic mass is 10.1. The topological polar surface area (TPSA) is 61.8 Å². The molecular weight excluding hydrogens is 508 g/mol. The molecule has 1 aromatic carbocycles. The van der Waals surface area contributed by atoms with Crippen molar-refractivity contribution in [2.45, 2.75) is 45.2 Å². The van der Waals surface area contributed by atoms with Gasteiger partial charge in [-0.05, 0) is 55.2 Å². The van der Waals surface area contributed by atoms with E-state index in [9.17, 15) is 4.39 Å². The van der Waals surface area contributed by atoms with Crippen molar-refractivity contribution in [3.05, 3.63) is 53.5 Å². The van der Waals surface area contributed by atoms with Gasteiger partial charge in [0.2, 0.25) is 0 Å². The van der Waals surface area contributed by atoms with E-state index in [1.54, 1.807) is 13.1 Å². The number of guanidine groups is 1. The van der Waals surface area contributed by atoms with Crippen LogP contribution in [0.4, 0.5) is 10.2 Å². The summed E-state index contributed by atoms with van der Waals surface area (Å²) in [6.45, 7) is 4.75. The van der Waals surface area contributed by atoms with Gasteiger partial charge < -0.3 is 20.3 Å². The van der Waals surface area contributed by atoms with Crippen LogP contribution < -0.4 is 20.3 Å². The first-order valence-corrected chi connectivity index (χ1v) is 10.6. The predicted octanol–water partition coefficient (Wildman–Crippen LogP) is 4.65. The fraction of sp³-hybridized carbons (Fsp3) is 0.478. The normalized spacial score (nSPS) is 15.5. The molecule has 1 unspecified atom stereocenters. The van der Waals surface area contributed by atoms with Crippen LogP contribution in [0.3, 0.4) is 0 Å². The number of nitrogens with one attached hydrogen (secondary N) is 2. The minimum absolute atomic E-state index is 0. The molecule has 31 heavy (non-hydrogen) atoms. The van der Waals surface area contributed by atoms with Gasteiger partial charge in [-0.2, -0.15) is 0 Å². The van der Waals surface area contributed by atoms with Crippen molar-refractivity contribution in [2.75, 3.05) is 32.1 Å². The Morgan fingerprint density at radius 1 is 1.19 bits per heavy atom. The van der Waals surface area contributed by atoms with Gasteiger partial charge in [0.25, 0.3) is 0 Å². The third kappa shape index (κ3) is 7.22. The van der Waals surface area contributed by atoms with Crippen molar-refractivity contribution in [3.8, 4) is 5.75 Å².